The Balaban J connectivity index is 1.42. The Hall–Kier alpha value is -4.12. The van der Waals surface area contributed by atoms with Crippen molar-refractivity contribution in [2.24, 2.45) is 0 Å². The van der Waals surface area contributed by atoms with E-state index in [2.05, 4.69) is 20.6 Å². The fourth-order valence-corrected chi connectivity index (χ4v) is 3.09. The first kappa shape index (κ1) is 21.1. The predicted molar refractivity (Wildman–Crippen MR) is 112 cm³/mol. The van der Waals surface area contributed by atoms with Gasteiger partial charge in [-0.05, 0) is 30.3 Å². The van der Waals surface area contributed by atoms with E-state index in [4.69, 9.17) is 16.3 Å². The largest absolute Gasteiger partial charge is 0.475 e. The Kier molecular flexibility index (Phi) is 5.90. The van der Waals surface area contributed by atoms with Crippen molar-refractivity contribution in [3.8, 4) is 17.3 Å². The molecular weight excluding hydrogens is 443 g/mol. The quantitative estimate of drug-likeness (QED) is 0.257. The second-order valence-electron chi connectivity index (χ2n) is 6.50. The zero-order valence-corrected chi connectivity index (χ0v) is 17.0. The van der Waals surface area contributed by atoms with Crippen LogP contribution in [0.2, 0.25) is 5.02 Å². The molecule has 0 spiro atoms. The molecule has 2 aromatic heterocycles. The highest BCUT2D eigenvalue weighted by Gasteiger charge is 2.20. The van der Waals surface area contributed by atoms with Crippen molar-refractivity contribution in [1.29, 1.82) is 0 Å². The van der Waals surface area contributed by atoms with Gasteiger partial charge >= 0.3 is 0 Å². The highest BCUT2D eigenvalue weighted by atomic mass is 35.5. The van der Waals surface area contributed by atoms with E-state index in [9.17, 15) is 19.3 Å². The third-order valence-electron chi connectivity index (χ3n) is 4.36. The van der Waals surface area contributed by atoms with Crippen LogP contribution >= 0.6 is 11.6 Å². The SMILES string of the molecule is O=C(NCCOc1ccc2nnc(-c3cccc(F)c3)n2n1)c1cc(Cl)ccc1[N+](=O)[O-]. The van der Waals surface area contributed by atoms with Gasteiger partial charge in [-0.15, -0.1) is 15.3 Å². The van der Waals surface area contributed by atoms with Crippen LogP contribution in [0.25, 0.3) is 17.0 Å². The summed E-state index contributed by atoms with van der Waals surface area (Å²) in [6.07, 6.45) is 0. The Bertz CT molecular complexity index is 1330. The van der Waals surface area contributed by atoms with Gasteiger partial charge in [0.25, 0.3) is 11.6 Å². The van der Waals surface area contributed by atoms with E-state index in [0.29, 0.717) is 17.0 Å². The zero-order chi connectivity index (χ0) is 22.7. The maximum Gasteiger partial charge on any atom is 0.282 e. The van der Waals surface area contributed by atoms with Crippen LogP contribution in [-0.4, -0.2) is 43.8 Å². The van der Waals surface area contributed by atoms with Gasteiger partial charge in [-0.25, -0.2) is 4.39 Å². The fourth-order valence-electron chi connectivity index (χ4n) is 2.92. The number of nitrogens with zero attached hydrogens (tertiary/aromatic N) is 5. The predicted octanol–water partition coefficient (Wildman–Crippen LogP) is 3.30. The summed E-state index contributed by atoms with van der Waals surface area (Å²) in [5.41, 5.74) is 0.444. The third kappa shape index (κ3) is 4.47. The highest BCUT2D eigenvalue weighted by Crippen LogP contribution is 2.23. The van der Waals surface area contributed by atoms with Crippen molar-refractivity contribution in [2.45, 2.75) is 0 Å². The third-order valence-corrected chi connectivity index (χ3v) is 4.59. The zero-order valence-electron chi connectivity index (χ0n) is 16.2. The molecule has 10 nitrogen and oxygen atoms in total. The fraction of sp³-hybridized carbons (Fsp3) is 0.100. The molecule has 0 atom stereocenters. The molecule has 0 saturated heterocycles. The molecule has 0 bridgehead atoms. The Morgan fingerprint density at radius 1 is 1.19 bits per heavy atom. The molecule has 0 aliphatic carbocycles. The van der Waals surface area contributed by atoms with Gasteiger partial charge < -0.3 is 10.1 Å². The minimum Gasteiger partial charge on any atom is -0.475 e. The standard InChI is InChI=1S/C20H14ClFN6O4/c21-13-4-5-16(28(30)31)15(11-13)20(29)23-8-9-32-18-7-6-17-24-25-19(27(17)26-18)12-2-1-3-14(22)10-12/h1-7,10-11H,8-9H2,(H,23,29). The number of ether oxygens (including phenoxy) is 1. The molecule has 0 radical (unpaired) electrons. The molecule has 1 amide bonds. The lowest BCUT2D eigenvalue weighted by molar-refractivity contribution is -0.385. The molecule has 1 N–H and O–H groups in total. The molecule has 162 valence electrons. The highest BCUT2D eigenvalue weighted by molar-refractivity contribution is 6.31. The van der Waals surface area contributed by atoms with Crippen LogP contribution in [0, 0.1) is 15.9 Å². The number of rotatable bonds is 7. The minimum atomic E-state index is -0.657. The second kappa shape index (κ2) is 8.94. The van der Waals surface area contributed by atoms with Gasteiger partial charge in [0, 0.05) is 22.7 Å². The number of aromatic nitrogens is 4. The number of benzene rings is 2. The van der Waals surface area contributed by atoms with Gasteiger partial charge in [-0.1, -0.05) is 23.7 Å². The molecule has 12 heteroatoms. The molecule has 2 heterocycles. The van der Waals surface area contributed by atoms with Crippen LogP contribution in [0.15, 0.2) is 54.6 Å². The lowest BCUT2D eigenvalue weighted by Crippen LogP contribution is -2.28. The number of hydrogen-bond acceptors (Lipinski definition) is 7. The molecule has 0 aliphatic rings. The molecule has 4 aromatic rings. The van der Waals surface area contributed by atoms with Crippen LogP contribution in [0.5, 0.6) is 5.88 Å². The number of halogens is 2. The maximum absolute atomic E-state index is 13.5. The minimum absolute atomic E-state index is 0.0377. The Labute approximate surface area is 184 Å². The molecular formula is C20H14ClFN6O4. The van der Waals surface area contributed by atoms with Crippen LogP contribution in [0.1, 0.15) is 10.4 Å². The van der Waals surface area contributed by atoms with Crippen molar-refractivity contribution in [2.75, 3.05) is 13.2 Å². The van der Waals surface area contributed by atoms with Crippen molar-refractivity contribution in [1.82, 2.24) is 25.1 Å². The lowest BCUT2D eigenvalue weighted by atomic mass is 10.1. The van der Waals surface area contributed by atoms with E-state index >= 15 is 0 Å². The lowest BCUT2D eigenvalue weighted by Gasteiger charge is -2.08. The van der Waals surface area contributed by atoms with E-state index in [0.717, 1.165) is 0 Å². The number of nitro groups is 1. The Morgan fingerprint density at radius 3 is 2.81 bits per heavy atom. The molecule has 0 fully saturated rings. The summed E-state index contributed by atoms with van der Waals surface area (Å²) in [7, 11) is 0. The molecule has 0 aliphatic heterocycles. The summed E-state index contributed by atoms with van der Waals surface area (Å²) in [6.45, 7) is 0.0944. The van der Waals surface area contributed by atoms with Gasteiger partial charge in [0.2, 0.25) is 5.88 Å². The topological polar surface area (TPSA) is 125 Å². The van der Waals surface area contributed by atoms with Crippen LogP contribution in [-0.2, 0) is 0 Å². The number of nitro benzene ring substituents is 1. The first-order chi connectivity index (χ1) is 15.4. The smallest absolute Gasteiger partial charge is 0.282 e. The number of fused-ring (bicyclic) bond motifs is 1. The molecule has 4 rings (SSSR count). The van der Waals surface area contributed by atoms with Crippen molar-refractivity contribution in [3.05, 3.63) is 81.1 Å². The summed E-state index contributed by atoms with van der Waals surface area (Å²) in [5, 5.41) is 26.2. The van der Waals surface area contributed by atoms with Crippen LogP contribution in [0.4, 0.5) is 10.1 Å². The molecule has 0 unspecified atom stereocenters. The van der Waals surface area contributed by atoms with E-state index in [-0.39, 0.29) is 35.3 Å². The van der Waals surface area contributed by atoms with Crippen molar-refractivity contribution < 1.29 is 18.8 Å². The van der Waals surface area contributed by atoms with Gasteiger partial charge in [0.1, 0.15) is 18.0 Å². The summed E-state index contributed by atoms with van der Waals surface area (Å²) in [6, 6.07) is 12.8. The number of nitrogens with one attached hydrogen (secondary N) is 1. The van der Waals surface area contributed by atoms with E-state index in [1.165, 1.54) is 34.8 Å². The van der Waals surface area contributed by atoms with E-state index < -0.39 is 16.6 Å². The first-order valence-electron chi connectivity index (χ1n) is 9.26. The normalized spacial score (nSPS) is 10.8. The number of carbonyl (C=O) groups excluding carboxylic acids is 1. The number of hydrogen-bond donors (Lipinski definition) is 1. The van der Waals surface area contributed by atoms with E-state index in [1.54, 1.807) is 24.3 Å². The van der Waals surface area contributed by atoms with Crippen molar-refractivity contribution in [3.63, 3.8) is 0 Å². The van der Waals surface area contributed by atoms with E-state index in [1.807, 2.05) is 0 Å². The average molecular weight is 457 g/mol. The average Bonchev–Trinajstić information content (AvgIpc) is 3.19. The van der Waals surface area contributed by atoms with Crippen LogP contribution in [0.3, 0.4) is 0 Å². The summed E-state index contributed by atoms with van der Waals surface area (Å²) in [4.78, 5) is 22.8. The Morgan fingerprint density at radius 2 is 2.03 bits per heavy atom. The van der Waals surface area contributed by atoms with Gasteiger partial charge in [-0.3, -0.25) is 14.9 Å². The molecule has 2 aromatic carbocycles. The van der Waals surface area contributed by atoms with Crippen molar-refractivity contribution >= 4 is 28.8 Å². The van der Waals surface area contributed by atoms with Gasteiger partial charge in [0.15, 0.2) is 11.5 Å². The summed E-state index contributed by atoms with van der Waals surface area (Å²) >= 11 is 5.84. The second-order valence-corrected chi connectivity index (χ2v) is 6.93. The van der Waals surface area contributed by atoms with Gasteiger partial charge in [-0.2, -0.15) is 4.52 Å². The number of carbonyl (C=O) groups is 1. The maximum atomic E-state index is 13.5. The summed E-state index contributed by atoms with van der Waals surface area (Å²) in [5.74, 6) is -0.509. The van der Waals surface area contributed by atoms with Crippen LogP contribution < -0.4 is 10.1 Å². The summed E-state index contributed by atoms with van der Waals surface area (Å²) < 4.78 is 20.5. The number of amides is 1. The monoisotopic (exact) mass is 456 g/mol. The molecule has 32 heavy (non-hydrogen) atoms. The first-order valence-corrected chi connectivity index (χ1v) is 9.63. The van der Waals surface area contributed by atoms with Gasteiger partial charge in [0.05, 0.1) is 11.5 Å². The molecule has 0 saturated carbocycles.